The molecule has 128 valence electrons. The Morgan fingerprint density at radius 1 is 0.913 bits per heavy atom. The lowest BCUT2D eigenvalue weighted by Gasteiger charge is -2.36. The fraction of sp³-hybridized carbons (Fsp3) is 0.625. The van der Waals surface area contributed by atoms with Gasteiger partial charge in [0.05, 0.1) is 10.1 Å². The van der Waals surface area contributed by atoms with Gasteiger partial charge in [-0.2, -0.15) is 4.31 Å². The van der Waals surface area contributed by atoms with Crippen molar-refractivity contribution >= 4 is 19.9 Å². The maximum absolute atomic E-state index is 12.5. The summed E-state index contributed by atoms with van der Waals surface area (Å²) in [7, 11) is -6.74. The smallest absolute Gasteiger partial charge is 0.229 e. The van der Waals surface area contributed by atoms with E-state index >= 15 is 0 Å². The Kier molecular flexibility index (Phi) is 4.55. The van der Waals surface area contributed by atoms with Gasteiger partial charge >= 0.3 is 0 Å². The van der Waals surface area contributed by atoms with Crippen LogP contribution < -0.4 is 0 Å². The molecule has 0 amide bonds. The van der Waals surface area contributed by atoms with Crippen molar-refractivity contribution < 1.29 is 16.8 Å². The van der Waals surface area contributed by atoms with E-state index in [0.29, 0.717) is 5.92 Å². The molecule has 2 aliphatic rings. The topological polar surface area (TPSA) is 71.5 Å². The predicted octanol–water partition coefficient (Wildman–Crippen LogP) is 2.15. The summed E-state index contributed by atoms with van der Waals surface area (Å²) in [6, 6.07) is 7.15. The molecule has 0 aromatic heterocycles. The van der Waals surface area contributed by atoms with E-state index in [-0.39, 0.29) is 18.0 Å². The summed E-state index contributed by atoms with van der Waals surface area (Å²) in [5, 5.41) is -0.571. The van der Waals surface area contributed by atoms with Crippen LogP contribution in [0.2, 0.25) is 0 Å². The van der Waals surface area contributed by atoms with Crippen LogP contribution in [0.3, 0.4) is 0 Å². The van der Waals surface area contributed by atoms with Crippen LogP contribution in [0, 0.1) is 0 Å². The van der Waals surface area contributed by atoms with Gasteiger partial charge in [0, 0.05) is 19.3 Å². The minimum Gasteiger partial charge on any atom is -0.229 e. The number of rotatable bonds is 4. The van der Waals surface area contributed by atoms with Crippen molar-refractivity contribution in [3.8, 4) is 0 Å². The number of sulfone groups is 1. The SMILES string of the molecule is CS(=O)(=O)C1CN(S(=O)(=O)c2ccc(C3CCCCC3)cc2)C1. The number of hydrogen-bond acceptors (Lipinski definition) is 4. The molecule has 0 spiro atoms. The van der Waals surface area contributed by atoms with Crippen molar-refractivity contribution in [2.24, 2.45) is 0 Å². The van der Waals surface area contributed by atoms with E-state index in [1.54, 1.807) is 12.1 Å². The van der Waals surface area contributed by atoms with Crippen LogP contribution in [0.5, 0.6) is 0 Å². The molecule has 1 saturated heterocycles. The fourth-order valence-corrected chi connectivity index (χ4v) is 5.99. The van der Waals surface area contributed by atoms with Gasteiger partial charge in [-0.25, -0.2) is 16.8 Å². The van der Waals surface area contributed by atoms with Crippen LogP contribution in [0.4, 0.5) is 0 Å². The standard InChI is InChI=1S/C16H23NO4S2/c1-22(18,19)16-11-17(12-16)23(20,21)15-9-7-14(8-10-15)13-5-3-2-4-6-13/h7-10,13,16H,2-6,11-12H2,1H3. The molecule has 3 rings (SSSR count). The van der Waals surface area contributed by atoms with E-state index in [2.05, 4.69) is 0 Å². The molecule has 0 bridgehead atoms. The molecular weight excluding hydrogens is 334 g/mol. The molecule has 1 aliphatic carbocycles. The second-order valence-corrected chi connectivity index (χ2v) is 10.9. The molecule has 7 heteroatoms. The number of nitrogens with zero attached hydrogens (tertiary/aromatic N) is 1. The summed E-state index contributed by atoms with van der Waals surface area (Å²) in [6.07, 6.45) is 7.28. The summed E-state index contributed by atoms with van der Waals surface area (Å²) in [4.78, 5) is 0.254. The lowest BCUT2D eigenvalue weighted by molar-refractivity contribution is 0.310. The van der Waals surface area contributed by atoms with Gasteiger partial charge in [0.15, 0.2) is 9.84 Å². The van der Waals surface area contributed by atoms with Gasteiger partial charge in [0.1, 0.15) is 0 Å². The largest absolute Gasteiger partial charge is 0.243 e. The maximum Gasteiger partial charge on any atom is 0.243 e. The molecule has 0 N–H and O–H groups in total. The molecule has 1 aromatic carbocycles. The zero-order valence-electron chi connectivity index (χ0n) is 13.3. The average Bonchev–Trinajstić information content (AvgIpc) is 2.45. The lowest BCUT2D eigenvalue weighted by Crippen LogP contribution is -2.56. The van der Waals surface area contributed by atoms with Crippen LogP contribution in [-0.4, -0.2) is 45.7 Å². The highest BCUT2D eigenvalue weighted by atomic mass is 32.2. The van der Waals surface area contributed by atoms with Crippen molar-refractivity contribution in [1.82, 2.24) is 4.31 Å². The molecule has 0 radical (unpaired) electrons. The summed E-state index contributed by atoms with van der Waals surface area (Å²) in [5.74, 6) is 0.541. The van der Waals surface area contributed by atoms with Crippen LogP contribution in [-0.2, 0) is 19.9 Å². The Balaban J connectivity index is 1.71. The van der Waals surface area contributed by atoms with Gasteiger partial charge < -0.3 is 0 Å². The van der Waals surface area contributed by atoms with Crippen molar-refractivity contribution in [2.75, 3.05) is 19.3 Å². The first-order valence-corrected chi connectivity index (χ1v) is 11.5. The van der Waals surface area contributed by atoms with E-state index in [9.17, 15) is 16.8 Å². The highest BCUT2D eigenvalue weighted by Gasteiger charge is 2.41. The molecule has 0 unspecified atom stereocenters. The number of sulfonamides is 1. The summed E-state index contributed by atoms with van der Waals surface area (Å²) in [6.45, 7) is 0.122. The van der Waals surface area contributed by atoms with Gasteiger partial charge in [-0.3, -0.25) is 0 Å². The third kappa shape index (κ3) is 3.46. The first-order chi connectivity index (χ1) is 10.8. The van der Waals surface area contributed by atoms with Gasteiger partial charge in [-0.15, -0.1) is 0 Å². The van der Waals surface area contributed by atoms with Gasteiger partial charge in [-0.05, 0) is 36.5 Å². The molecule has 1 heterocycles. The van der Waals surface area contributed by atoms with Crippen LogP contribution in [0.25, 0.3) is 0 Å². The van der Waals surface area contributed by atoms with E-state index in [4.69, 9.17) is 0 Å². The first kappa shape index (κ1) is 16.9. The monoisotopic (exact) mass is 357 g/mol. The van der Waals surface area contributed by atoms with Crippen molar-refractivity contribution in [3.05, 3.63) is 29.8 Å². The quantitative estimate of drug-likeness (QED) is 0.828. The van der Waals surface area contributed by atoms with Crippen molar-refractivity contribution in [3.63, 3.8) is 0 Å². The Hall–Kier alpha value is -0.920. The summed E-state index contributed by atoms with van der Waals surface area (Å²) in [5.41, 5.74) is 1.21. The van der Waals surface area contributed by atoms with E-state index in [1.807, 2.05) is 12.1 Å². The molecule has 2 fully saturated rings. The van der Waals surface area contributed by atoms with Crippen LogP contribution in [0.1, 0.15) is 43.6 Å². The number of hydrogen-bond donors (Lipinski definition) is 0. The fourth-order valence-electron chi connectivity index (χ4n) is 3.36. The minimum atomic E-state index is -3.57. The zero-order valence-corrected chi connectivity index (χ0v) is 14.9. The van der Waals surface area contributed by atoms with Crippen LogP contribution >= 0.6 is 0 Å². The predicted molar refractivity (Wildman–Crippen MR) is 89.7 cm³/mol. The van der Waals surface area contributed by atoms with Crippen molar-refractivity contribution in [1.29, 1.82) is 0 Å². The van der Waals surface area contributed by atoms with Gasteiger partial charge in [-0.1, -0.05) is 31.4 Å². The molecule has 5 nitrogen and oxygen atoms in total. The normalized spacial score (nSPS) is 22.0. The Morgan fingerprint density at radius 3 is 2.00 bits per heavy atom. The van der Waals surface area contributed by atoms with Crippen molar-refractivity contribution in [2.45, 2.75) is 48.2 Å². The zero-order chi connectivity index (χ0) is 16.7. The lowest BCUT2D eigenvalue weighted by atomic mass is 9.84. The maximum atomic E-state index is 12.5. The molecule has 0 atom stereocenters. The average molecular weight is 357 g/mol. The Morgan fingerprint density at radius 2 is 1.48 bits per heavy atom. The molecule has 23 heavy (non-hydrogen) atoms. The summed E-state index contributed by atoms with van der Waals surface area (Å²) >= 11 is 0. The Bertz CT molecular complexity index is 757. The second-order valence-electron chi connectivity index (χ2n) is 6.68. The molecule has 1 aromatic rings. The minimum absolute atomic E-state index is 0.0611. The Labute approximate surface area is 138 Å². The number of benzene rings is 1. The highest BCUT2D eigenvalue weighted by molar-refractivity contribution is 7.92. The van der Waals surface area contributed by atoms with E-state index in [0.717, 1.165) is 6.26 Å². The summed E-state index contributed by atoms with van der Waals surface area (Å²) < 4.78 is 49.1. The first-order valence-electron chi connectivity index (χ1n) is 8.07. The highest BCUT2D eigenvalue weighted by Crippen LogP contribution is 2.33. The van der Waals surface area contributed by atoms with Crippen LogP contribution in [0.15, 0.2) is 29.2 Å². The van der Waals surface area contributed by atoms with E-state index in [1.165, 1.54) is 42.0 Å². The molecular formula is C16H23NO4S2. The van der Waals surface area contributed by atoms with E-state index < -0.39 is 25.1 Å². The molecule has 1 saturated carbocycles. The second kappa shape index (κ2) is 6.18. The van der Waals surface area contributed by atoms with Gasteiger partial charge in [0.25, 0.3) is 0 Å². The third-order valence-electron chi connectivity index (χ3n) is 5.01. The third-order valence-corrected chi connectivity index (χ3v) is 8.37. The van der Waals surface area contributed by atoms with Gasteiger partial charge in [0.2, 0.25) is 10.0 Å². The molecule has 1 aliphatic heterocycles.